The molecule has 27 heavy (non-hydrogen) atoms. The highest BCUT2D eigenvalue weighted by molar-refractivity contribution is 5.73. The molecule has 0 fully saturated rings. The number of aliphatic carboxylic acids is 1. The monoisotopic (exact) mass is 371 g/mol. The Morgan fingerprint density at radius 2 is 1.81 bits per heavy atom. The Morgan fingerprint density at radius 3 is 2.44 bits per heavy atom. The molecule has 2 rings (SSSR count). The van der Waals surface area contributed by atoms with Crippen molar-refractivity contribution in [2.75, 3.05) is 13.7 Å². The Bertz CT molecular complexity index is 716. The lowest BCUT2D eigenvalue weighted by Gasteiger charge is -2.17. The zero-order valence-corrected chi connectivity index (χ0v) is 16.3. The van der Waals surface area contributed by atoms with Gasteiger partial charge in [-0.05, 0) is 35.6 Å². The van der Waals surface area contributed by atoms with Crippen molar-refractivity contribution in [1.82, 2.24) is 5.32 Å². The molecule has 5 heteroatoms. The van der Waals surface area contributed by atoms with Crippen LogP contribution >= 0.6 is 0 Å². The molecule has 0 bridgehead atoms. The molecule has 0 aliphatic rings. The van der Waals surface area contributed by atoms with Gasteiger partial charge < -0.3 is 19.9 Å². The summed E-state index contributed by atoms with van der Waals surface area (Å²) in [5.41, 5.74) is 2.18. The summed E-state index contributed by atoms with van der Waals surface area (Å²) in [6.07, 6.45) is 1.41. The van der Waals surface area contributed by atoms with Gasteiger partial charge in [-0.3, -0.25) is 4.79 Å². The third-order valence-corrected chi connectivity index (χ3v) is 4.28. The summed E-state index contributed by atoms with van der Waals surface area (Å²) < 4.78 is 11.3. The first kappa shape index (κ1) is 20.8. The van der Waals surface area contributed by atoms with Gasteiger partial charge in [-0.1, -0.05) is 50.2 Å². The van der Waals surface area contributed by atoms with E-state index in [1.807, 2.05) is 50.2 Å². The zero-order valence-electron chi connectivity index (χ0n) is 16.3. The van der Waals surface area contributed by atoms with Gasteiger partial charge in [0.1, 0.15) is 6.04 Å². The molecule has 0 saturated heterocycles. The lowest BCUT2D eigenvalue weighted by atomic mass is 10.0. The van der Waals surface area contributed by atoms with Crippen molar-refractivity contribution >= 4 is 5.97 Å². The predicted octanol–water partition coefficient (Wildman–Crippen LogP) is 3.91. The van der Waals surface area contributed by atoms with Gasteiger partial charge >= 0.3 is 5.97 Å². The van der Waals surface area contributed by atoms with E-state index in [0.717, 1.165) is 12.0 Å². The van der Waals surface area contributed by atoms with E-state index in [4.69, 9.17) is 9.47 Å². The fourth-order valence-electron chi connectivity index (χ4n) is 2.85. The normalized spacial score (nSPS) is 12.0. The number of hydrogen-bond acceptors (Lipinski definition) is 4. The van der Waals surface area contributed by atoms with Gasteiger partial charge in [0.25, 0.3) is 0 Å². The van der Waals surface area contributed by atoms with E-state index in [9.17, 15) is 9.90 Å². The van der Waals surface area contributed by atoms with Gasteiger partial charge in [0.05, 0.1) is 13.7 Å². The minimum atomic E-state index is -0.823. The molecule has 2 aromatic rings. The summed E-state index contributed by atoms with van der Waals surface area (Å²) in [7, 11) is 1.61. The van der Waals surface area contributed by atoms with Crippen molar-refractivity contribution in [3.05, 3.63) is 59.7 Å². The number of benzene rings is 2. The van der Waals surface area contributed by atoms with Gasteiger partial charge in [-0.15, -0.1) is 0 Å². The number of methoxy groups -OCH3 is 1. The van der Waals surface area contributed by atoms with Crippen LogP contribution in [0, 0.1) is 5.92 Å². The topological polar surface area (TPSA) is 67.8 Å². The van der Waals surface area contributed by atoms with Crippen molar-refractivity contribution in [3.63, 3.8) is 0 Å². The van der Waals surface area contributed by atoms with E-state index in [2.05, 4.69) is 17.4 Å². The maximum Gasteiger partial charge on any atom is 0.320 e. The Labute approximate surface area is 161 Å². The molecule has 0 saturated carbocycles. The van der Waals surface area contributed by atoms with Gasteiger partial charge in [0, 0.05) is 13.0 Å². The average molecular weight is 371 g/mol. The maximum absolute atomic E-state index is 11.4. The molecule has 5 nitrogen and oxygen atoms in total. The van der Waals surface area contributed by atoms with Crippen molar-refractivity contribution < 1.29 is 19.4 Å². The SMILES string of the molecule is COc1cc(CNC(CC(C)C)C(=O)O)ccc1OCCc1ccccc1. The van der Waals surface area contributed by atoms with Crippen LogP contribution in [0.2, 0.25) is 0 Å². The molecule has 146 valence electrons. The van der Waals surface area contributed by atoms with Gasteiger partial charge in [0.15, 0.2) is 11.5 Å². The standard InChI is InChI=1S/C22H29NO4/c1-16(2)13-19(22(24)25)23-15-18-9-10-20(21(14-18)26-3)27-12-11-17-7-5-4-6-8-17/h4-10,14,16,19,23H,11-13,15H2,1-3H3,(H,24,25). The van der Waals surface area contributed by atoms with Crippen molar-refractivity contribution in [3.8, 4) is 11.5 Å². The summed E-state index contributed by atoms with van der Waals surface area (Å²) in [4.78, 5) is 11.4. The second-order valence-corrected chi connectivity index (χ2v) is 6.97. The molecule has 1 atom stereocenters. The number of carbonyl (C=O) groups is 1. The zero-order chi connectivity index (χ0) is 19.6. The summed E-state index contributed by atoms with van der Waals surface area (Å²) in [5.74, 6) is 0.831. The van der Waals surface area contributed by atoms with Gasteiger partial charge in [-0.2, -0.15) is 0 Å². The first-order chi connectivity index (χ1) is 13.0. The minimum Gasteiger partial charge on any atom is -0.493 e. The second-order valence-electron chi connectivity index (χ2n) is 6.97. The molecular weight excluding hydrogens is 342 g/mol. The highest BCUT2D eigenvalue weighted by Crippen LogP contribution is 2.28. The summed E-state index contributed by atoms with van der Waals surface area (Å²) in [6.45, 7) is 5.06. The highest BCUT2D eigenvalue weighted by atomic mass is 16.5. The molecule has 0 aliphatic heterocycles. The average Bonchev–Trinajstić information content (AvgIpc) is 2.66. The molecule has 0 amide bonds. The molecule has 2 N–H and O–H groups in total. The fraction of sp³-hybridized carbons (Fsp3) is 0.409. The molecule has 0 radical (unpaired) electrons. The second kappa shape index (κ2) is 10.6. The van der Waals surface area contributed by atoms with Crippen molar-refractivity contribution in [2.24, 2.45) is 5.92 Å². The van der Waals surface area contributed by atoms with E-state index in [1.165, 1.54) is 5.56 Å². The maximum atomic E-state index is 11.4. The lowest BCUT2D eigenvalue weighted by Crippen LogP contribution is -2.37. The quantitative estimate of drug-likeness (QED) is 0.627. The Morgan fingerprint density at radius 1 is 1.07 bits per heavy atom. The van der Waals surface area contributed by atoms with Crippen LogP contribution in [-0.2, 0) is 17.8 Å². The van der Waals surface area contributed by atoms with Crippen LogP contribution in [0.25, 0.3) is 0 Å². The summed E-state index contributed by atoms with van der Waals surface area (Å²) in [6, 6.07) is 15.3. The smallest absolute Gasteiger partial charge is 0.320 e. The van der Waals surface area contributed by atoms with Gasteiger partial charge in [0.2, 0.25) is 0 Å². The van der Waals surface area contributed by atoms with E-state index in [1.54, 1.807) is 7.11 Å². The number of nitrogens with one attached hydrogen (secondary N) is 1. The number of ether oxygens (including phenoxy) is 2. The lowest BCUT2D eigenvalue weighted by molar-refractivity contribution is -0.140. The van der Waals surface area contributed by atoms with E-state index in [0.29, 0.717) is 37.0 Å². The van der Waals surface area contributed by atoms with Crippen LogP contribution < -0.4 is 14.8 Å². The first-order valence-corrected chi connectivity index (χ1v) is 9.29. The molecular formula is C22H29NO4. The number of carboxylic acids is 1. The molecule has 1 unspecified atom stereocenters. The number of rotatable bonds is 11. The van der Waals surface area contributed by atoms with Crippen LogP contribution in [0.4, 0.5) is 0 Å². The van der Waals surface area contributed by atoms with E-state index >= 15 is 0 Å². The molecule has 0 spiro atoms. The Hall–Kier alpha value is -2.53. The Balaban J connectivity index is 1.93. The third-order valence-electron chi connectivity index (χ3n) is 4.28. The van der Waals surface area contributed by atoms with Crippen LogP contribution in [0.1, 0.15) is 31.4 Å². The van der Waals surface area contributed by atoms with Gasteiger partial charge in [-0.25, -0.2) is 0 Å². The molecule has 2 aromatic carbocycles. The summed E-state index contributed by atoms with van der Waals surface area (Å²) in [5, 5.41) is 12.4. The highest BCUT2D eigenvalue weighted by Gasteiger charge is 2.18. The fourth-order valence-corrected chi connectivity index (χ4v) is 2.85. The molecule has 0 aliphatic carbocycles. The summed E-state index contributed by atoms with van der Waals surface area (Å²) >= 11 is 0. The third kappa shape index (κ3) is 6.94. The minimum absolute atomic E-state index is 0.313. The van der Waals surface area contributed by atoms with E-state index in [-0.39, 0.29) is 0 Å². The van der Waals surface area contributed by atoms with Crippen LogP contribution in [0.15, 0.2) is 48.5 Å². The van der Waals surface area contributed by atoms with Crippen molar-refractivity contribution in [1.29, 1.82) is 0 Å². The van der Waals surface area contributed by atoms with Crippen LogP contribution in [0.5, 0.6) is 11.5 Å². The van der Waals surface area contributed by atoms with E-state index < -0.39 is 12.0 Å². The van der Waals surface area contributed by atoms with Crippen LogP contribution in [-0.4, -0.2) is 30.8 Å². The predicted molar refractivity (Wildman–Crippen MR) is 106 cm³/mol. The number of hydrogen-bond donors (Lipinski definition) is 2. The Kier molecular flexibility index (Phi) is 8.14. The molecule has 0 heterocycles. The van der Waals surface area contributed by atoms with Crippen molar-refractivity contribution in [2.45, 2.75) is 39.3 Å². The number of carboxylic acid groups (broad SMARTS) is 1. The molecule has 0 aromatic heterocycles. The van der Waals surface area contributed by atoms with Crippen LogP contribution in [0.3, 0.4) is 0 Å². The largest absolute Gasteiger partial charge is 0.493 e. The first-order valence-electron chi connectivity index (χ1n) is 9.29.